The molecule has 1 heterocycles. The van der Waals surface area contributed by atoms with E-state index in [-0.39, 0.29) is 5.82 Å². The number of nitrogens with zero attached hydrogens (tertiary/aromatic N) is 1. The van der Waals surface area contributed by atoms with Crippen molar-refractivity contribution < 1.29 is 9.13 Å². The molecule has 0 N–H and O–H groups in total. The van der Waals surface area contributed by atoms with E-state index in [9.17, 15) is 4.39 Å². The Morgan fingerprint density at radius 1 is 1.29 bits per heavy atom. The van der Waals surface area contributed by atoms with Crippen LogP contribution in [0.1, 0.15) is 5.56 Å². The minimum absolute atomic E-state index is 0.314. The lowest BCUT2D eigenvalue weighted by Crippen LogP contribution is -1.96. The van der Waals surface area contributed by atoms with Crippen LogP contribution in [0.5, 0.6) is 5.75 Å². The molecule has 0 aliphatic heterocycles. The highest BCUT2D eigenvalue weighted by molar-refractivity contribution is 9.10. The fraction of sp³-hybridized carbons (Fsp3) is 0.0833. The Bertz CT molecular complexity index is 518. The van der Waals surface area contributed by atoms with Crippen LogP contribution in [-0.2, 0) is 6.61 Å². The fourth-order valence-electron chi connectivity index (χ4n) is 1.23. The molecule has 2 rings (SSSR count). The number of pyridine rings is 1. The number of rotatable bonds is 3. The summed E-state index contributed by atoms with van der Waals surface area (Å²) in [5.74, 6) is 0.277. The van der Waals surface area contributed by atoms with Crippen LogP contribution in [0.15, 0.2) is 41.0 Å². The first kappa shape index (κ1) is 12.3. The summed E-state index contributed by atoms with van der Waals surface area (Å²) in [4.78, 5) is 3.94. The number of hydrogen-bond acceptors (Lipinski definition) is 2. The SMILES string of the molecule is Fc1ccc(OCc2ccc(Cl)nc2)cc1Br. The second-order valence-electron chi connectivity index (χ2n) is 3.35. The number of aromatic nitrogens is 1. The first-order valence-electron chi connectivity index (χ1n) is 4.83. The Labute approximate surface area is 112 Å². The standard InChI is InChI=1S/C12H8BrClFNO/c13-10-5-9(2-3-11(10)15)17-7-8-1-4-12(14)16-6-8/h1-6H,7H2. The second-order valence-corrected chi connectivity index (χ2v) is 4.60. The van der Waals surface area contributed by atoms with E-state index in [2.05, 4.69) is 20.9 Å². The Balaban J connectivity index is 2.02. The van der Waals surface area contributed by atoms with Gasteiger partial charge in [-0.2, -0.15) is 0 Å². The van der Waals surface area contributed by atoms with Gasteiger partial charge >= 0.3 is 0 Å². The van der Waals surface area contributed by atoms with Gasteiger partial charge in [-0.3, -0.25) is 0 Å². The summed E-state index contributed by atoms with van der Waals surface area (Å²) in [5, 5.41) is 0.443. The largest absolute Gasteiger partial charge is 0.489 e. The maximum absolute atomic E-state index is 13.0. The van der Waals surface area contributed by atoms with Gasteiger partial charge < -0.3 is 4.74 Å². The third-order valence-electron chi connectivity index (χ3n) is 2.09. The molecule has 0 radical (unpaired) electrons. The third-order valence-corrected chi connectivity index (χ3v) is 2.92. The normalized spacial score (nSPS) is 10.3. The van der Waals surface area contributed by atoms with Crippen LogP contribution in [0.4, 0.5) is 4.39 Å². The summed E-state index contributed by atoms with van der Waals surface area (Å²) < 4.78 is 18.8. The van der Waals surface area contributed by atoms with Crippen molar-refractivity contribution in [1.82, 2.24) is 4.98 Å². The van der Waals surface area contributed by atoms with E-state index in [1.165, 1.54) is 6.07 Å². The number of ether oxygens (including phenoxy) is 1. The summed E-state index contributed by atoms with van der Waals surface area (Å²) in [6.45, 7) is 0.363. The van der Waals surface area contributed by atoms with Gasteiger partial charge in [-0.1, -0.05) is 17.7 Å². The molecule has 0 bridgehead atoms. The topological polar surface area (TPSA) is 22.1 Å². The van der Waals surface area contributed by atoms with Crippen LogP contribution < -0.4 is 4.74 Å². The lowest BCUT2D eigenvalue weighted by Gasteiger charge is -2.06. The molecule has 2 aromatic rings. The quantitative estimate of drug-likeness (QED) is 0.791. The molecule has 0 spiro atoms. The van der Waals surface area contributed by atoms with Crippen molar-refractivity contribution >= 4 is 27.5 Å². The number of hydrogen-bond donors (Lipinski definition) is 0. The van der Waals surface area contributed by atoms with Crippen molar-refractivity contribution in [2.45, 2.75) is 6.61 Å². The fourth-order valence-corrected chi connectivity index (χ4v) is 1.69. The van der Waals surface area contributed by atoms with Gasteiger partial charge in [0.05, 0.1) is 4.47 Å². The molecule has 0 amide bonds. The minimum atomic E-state index is -0.314. The summed E-state index contributed by atoms with van der Waals surface area (Å²) in [5.41, 5.74) is 0.898. The van der Waals surface area contributed by atoms with Crippen LogP contribution in [-0.4, -0.2) is 4.98 Å². The molecule has 1 aromatic heterocycles. The van der Waals surface area contributed by atoms with Crippen LogP contribution >= 0.6 is 27.5 Å². The zero-order valence-corrected chi connectivity index (χ0v) is 11.0. The Morgan fingerprint density at radius 2 is 2.12 bits per heavy atom. The van der Waals surface area contributed by atoms with Crippen molar-refractivity contribution in [2.75, 3.05) is 0 Å². The van der Waals surface area contributed by atoms with E-state index in [0.29, 0.717) is 22.0 Å². The smallest absolute Gasteiger partial charge is 0.137 e. The Hall–Kier alpha value is -1.13. The van der Waals surface area contributed by atoms with E-state index < -0.39 is 0 Å². The van der Waals surface area contributed by atoms with E-state index in [1.807, 2.05) is 6.07 Å². The first-order valence-corrected chi connectivity index (χ1v) is 6.00. The number of benzene rings is 1. The molecule has 1 aromatic carbocycles. The molecule has 0 aliphatic carbocycles. The lowest BCUT2D eigenvalue weighted by molar-refractivity contribution is 0.305. The monoisotopic (exact) mass is 315 g/mol. The first-order chi connectivity index (χ1) is 8.15. The van der Waals surface area contributed by atoms with Crippen molar-refractivity contribution in [2.24, 2.45) is 0 Å². The van der Waals surface area contributed by atoms with Gasteiger partial charge in [0.25, 0.3) is 0 Å². The zero-order valence-electron chi connectivity index (χ0n) is 8.66. The molecule has 0 aliphatic rings. The summed E-state index contributed by atoms with van der Waals surface area (Å²) in [7, 11) is 0. The van der Waals surface area contributed by atoms with Crippen molar-refractivity contribution in [3.63, 3.8) is 0 Å². The van der Waals surface area contributed by atoms with Gasteiger partial charge in [-0.05, 0) is 40.2 Å². The summed E-state index contributed by atoms with van der Waals surface area (Å²) in [6.07, 6.45) is 1.64. The van der Waals surface area contributed by atoms with Crippen molar-refractivity contribution in [1.29, 1.82) is 0 Å². The molecule has 88 valence electrons. The highest BCUT2D eigenvalue weighted by Gasteiger charge is 2.02. The molecule has 5 heteroatoms. The van der Waals surface area contributed by atoms with Crippen molar-refractivity contribution in [3.8, 4) is 5.75 Å². The summed E-state index contributed by atoms with van der Waals surface area (Å²) >= 11 is 8.76. The molecule has 0 unspecified atom stereocenters. The Kier molecular flexibility index (Phi) is 3.97. The van der Waals surface area contributed by atoms with E-state index in [1.54, 1.807) is 24.4 Å². The van der Waals surface area contributed by atoms with Crippen LogP contribution in [0, 0.1) is 5.82 Å². The molecule has 0 saturated heterocycles. The molecule has 0 fully saturated rings. The average molecular weight is 317 g/mol. The predicted octanol–water partition coefficient (Wildman–Crippen LogP) is 4.22. The predicted molar refractivity (Wildman–Crippen MR) is 67.7 cm³/mol. The van der Waals surface area contributed by atoms with Crippen molar-refractivity contribution in [3.05, 3.63) is 57.5 Å². The molecular weight excluding hydrogens is 308 g/mol. The van der Waals surface area contributed by atoms with Crippen LogP contribution in [0.25, 0.3) is 0 Å². The third kappa shape index (κ3) is 3.41. The molecule has 0 saturated carbocycles. The van der Waals surface area contributed by atoms with E-state index >= 15 is 0 Å². The highest BCUT2D eigenvalue weighted by atomic mass is 79.9. The van der Waals surface area contributed by atoms with Gasteiger partial charge in [0.2, 0.25) is 0 Å². The minimum Gasteiger partial charge on any atom is -0.489 e. The van der Waals surface area contributed by atoms with Gasteiger partial charge in [-0.25, -0.2) is 9.37 Å². The van der Waals surface area contributed by atoms with Gasteiger partial charge in [0.15, 0.2) is 0 Å². The van der Waals surface area contributed by atoms with Crippen LogP contribution in [0.3, 0.4) is 0 Å². The highest BCUT2D eigenvalue weighted by Crippen LogP contribution is 2.22. The maximum atomic E-state index is 13.0. The molecular formula is C12H8BrClFNO. The average Bonchev–Trinajstić information content (AvgIpc) is 2.33. The maximum Gasteiger partial charge on any atom is 0.137 e. The summed E-state index contributed by atoms with van der Waals surface area (Å²) in [6, 6.07) is 8.02. The lowest BCUT2D eigenvalue weighted by atomic mass is 10.3. The Morgan fingerprint density at radius 3 is 2.76 bits per heavy atom. The van der Waals surface area contributed by atoms with E-state index in [0.717, 1.165) is 5.56 Å². The van der Waals surface area contributed by atoms with E-state index in [4.69, 9.17) is 16.3 Å². The second kappa shape index (κ2) is 5.47. The zero-order chi connectivity index (χ0) is 12.3. The molecule has 17 heavy (non-hydrogen) atoms. The number of halogens is 3. The van der Waals surface area contributed by atoms with Crippen LogP contribution in [0.2, 0.25) is 5.15 Å². The van der Waals surface area contributed by atoms with Gasteiger partial charge in [-0.15, -0.1) is 0 Å². The molecule has 0 atom stereocenters. The van der Waals surface area contributed by atoms with Gasteiger partial charge in [0, 0.05) is 11.8 Å². The van der Waals surface area contributed by atoms with Gasteiger partial charge in [0.1, 0.15) is 23.3 Å². The molecule has 2 nitrogen and oxygen atoms in total.